The first-order valence-corrected chi connectivity index (χ1v) is 13.0. The van der Waals surface area contributed by atoms with E-state index in [0.717, 1.165) is 5.56 Å². The molecule has 10 heteroatoms. The van der Waals surface area contributed by atoms with Gasteiger partial charge in [-0.25, -0.2) is 8.42 Å². The molecule has 1 unspecified atom stereocenters. The second-order valence-corrected chi connectivity index (χ2v) is 10.3. The molecule has 1 atom stereocenters. The van der Waals surface area contributed by atoms with Crippen molar-refractivity contribution < 1.29 is 17.9 Å². The van der Waals surface area contributed by atoms with Crippen LogP contribution in [0.15, 0.2) is 71.6 Å². The predicted octanol–water partition coefficient (Wildman–Crippen LogP) is 5.25. The molecule has 0 spiro atoms. The monoisotopic (exact) mass is 540 g/mol. The minimum absolute atomic E-state index is 0.0763. The SMILES string of the molecule is CCOc1ccc(S(=O)(=O)NC(Cc2ccccc2)C(=O)NCc2ccc(Cl)cc2Cl)cc1Cl. The van der Waals surface area contributed by atoms with Gasteiger partial charge >= 0.3 is 0 Å². The molecule has 0 radical (unpaired) electrons. The minimum Gasteiger partial charge on any atom is -0.492 e. The number of amides is 1. The van der Waals surface area contributed by atoms with E-state index < -0.39 is 22.0 Å². The van der Waals surface area contributed by atoms with E-state index in [4.69, 9.17) is 39.5 Å². The van der Waals surface area contributed by atoms with Gasteiger partial charge in [0.25, 0.3) is 0 Å². The second-order valence-electron chi connectivity index (χ2n) is 7.34. The number of carbonyl (C=O) groups is 1. The van der Waals surface area contributed by atoms with Crippen molar-refractivity contribution in [1.82, 2.24) is 10.0 Å². The lowest BCUT2D eigenvalue weighted by Crippen LogP contribution is -2.47. The first-order valence-electron chi connectivity index (χ1n) is 10.4. The summed E-state index contributed by atoms with van der Waals surface area (Å²) in [6, 6.07) is 17.1. The van der Waals surface area contributed by atoms with Crippen molar-refractivity contribution in [1.29, 1.82) is 0 Å². The fourth-order valence-corrected chi connectivity index (χ4v) is 5.18. The lowest BCUT2D eigenvalue weighted by atomic mass is 10.1. The van der Waals surface area contributed by atoms with Crippen molar-refractivity contribution in [2.24, 2.45) is 0 Å². The van der Waals surface area contributed by atoms with Crippen molar-refractivity contribution >= 4 is 50.7 Å². The van der Waals surface area contributed by atoms with Crippen LogP contribution in [0.25, 0.3) is 0 Å². The van der Waals surface area contributed by atoms with Crippen LogP contribution in [0.2, 0.25) is 15.1 Å². The molecule has 0 heterocycles. The molecule has 0 aromatic heterocycles. The highest BCUT2D eigenvalue weighted by Crippen LogP contribution is 2.27. The average molecular weight is 542 g/mol. The summed E-state index contributed by atoms with van der Waals surface area (Å²) >= 11 is 18.3. The third kappa shape index (κ3) is 7.10. The molecule has 0 saturated carbocycles. The van der Waals surface area contributed by atoms with Crippen molar-refractivity contribution in [3.05, 3.63) is 92.9 Å². The molecule has 34 heavy (non-hydrogen) atoms. The molecule has 3 aromatic rings. The van der Waals surface area contributed by atoms with E-state index in [1.165, 1.54) is 18.2 Å². The van der Waals surface area contributed by atoms with Crippen molar-refractivity contribution in [2.75, 3.05) is 6.61 Å². The molecule has 0 aliphatic rings. The number of hydrogen-bond donors (Lipinski definition) is 2. The van der Waals surface area contributed by atoms with Gasteiger partial charge in [0, 0.05) is 16.6 Å². The minimum atomic E-state index is -4.07. The average Bonchev–Trinajstić information content (AvgIpc) is 2.80. The number of rotatable bonds is 10. The summed E-state index contributed by atoms with van der Waals surface area (Å²) in [6.45, 7) is 2.30. The molecule has 3 aromatic carbocycles. The molecular formula is C24H23Cl3N2O4S. The maximum Gasteiger partial charge on any atom is 0.241 e. The first kappa shape index (κ1) is 26.3. The summed E-state index contributed by atoms with van der Waals surface area (Å²) in [4.78, 5) is 13.0. The van der Waals surface area contributed by atoms with Crippen molar-refractivity contribution in [3.63, 3.8) is 0 Å². The van der Waals surface area contributed by atoms with Gasteiger partial charge in [0.2, 0.25) is 15.9 Å². The van der Waals surface area contributed by atoms with Gasteiger partial charge in [0.1, 0.15) is 11.8 Å². The molecule has 0 saturated heterocycles. The van der Waals surface area contributed by atoms with Crippen LogP contribution >= 0.6 is 34.8 Å². The molecule has 3 rings (SSSR count). The van der Waals surface area contributed by atoms with Crippen LogP contribution in [0.4, 0.5) is 0 Å². The molecule has 6 nitrogen and oxygen atoms in total. The predicted molar refractivity (Wildman–Crippen MR) is 135 cm³/mol. The summed E-state index contributed by atoms with van der Waals surface area (Å²) < 4.78 is 34.1. The zero-order valence-electron chi connectivity index (χ0n) is 18.2. The Morgan fingerprint density at radius 2 is 1.71 bits per heavy atom. The molecule has 2 N–H and O–H groups in total. The summed E-state index contributed by atoms with van der Waals surface area (Å²) in [6.07, 6.45) is 0.144. The Morgan fingerprint density at radius 1 is 0.971 bits per heavy atom. The fourth-order valence-electron chi connectivity index (χ4n) is 3.18. The topological polar surface area (TPSA) is 84.5 Å². The van der Waals surface area contributed by atoms with E-state index in [9.17, 15) is 13.2 Å². The maximum atomic E-state index is 13.1. The third-order valence-corrected chi connectivity index (χ3v) is 7.23. The van der Waals surface area contributed by atoms with Crippen molar-refractivity contribution in [3.8, 4) is 5.75 Å². The van der Waals surface area contributed by atoms with Gasteiger partial charge in [-0.1, -0.05) is 71.2 Å². The van der Waals surface area contributed by atoms with E-state index >= 15 is 0 Å². The van der Waals surface area contributed by atoms with E-state index in [1.54, 1.807) is 25.1 Å². The summed E-state index contributed by atoms with van der Waals surface area (Å²) in [5, 5.41) is 3.79. The van der Waals surface area contributed by atoms with Gasteiger partial charge in [-0.2, -0.15) is 4.72 Å². The Kier molecular flexibility index (Phi) is 9.22. The molecule has 0 fully saturated rings. The first-order chi connectivity index (χ1) is 16.2. The lowest BCUT2D eigenvalue weighted by Gasteiger charge is -2.19. The summed E-state index contributed by atoms with van der Waals surface area (Å²) in [7, 11) is -4.07. The maximum absolute atomic E-state index is 13.1. The zero-order chi connectivity index (χ0) is 24.7. The van der Waals surface area contributed by atoms with E-state index in [-0.39, 0.29) is 22.9 Å². The summed E-state index contributed by atoms with van der Waals surface area (Å²) in [5.74, 6) is -0.128. The van der Waals surface area contributed by atoms with Crippen LogP contribution in [0.3, 0.4) is 0 Å². The van der Waals surface area contributed by atoms with Crippen LogP contribution < -0.4 is 14.8 Å². The normalized spacial score (nSPS) is 12.2. The molecule has 0 bridgehead atoms. The Morgan fingerprint density at radius 3 is 2.35 bits per heavy atom. The van der Waals surface area contributed by atoms with Crippen molar-refractivity contribution in [2.45, 2.75) is 30.8 Å². The molecular weight excluding hydrogens is 519 g/mol. The van der Waals surface area contributed by atoms with Crippen LogP contribution in [0.5, 0.6) is 5.75 Å². The van der Waals surface area contributed by atoms with Crippen LogP contribution in [0, 0.1) is 0 Å². The second kappa shape index (κ2) is 11.9. The Hall–Kier alpha value is -2.29. The number of ether oxygens (including phenoxy) is 1. The standard InChI is InChI=1S/C24H23Cl3N2O4S/c1-2-33-23-11-10-19(14-21(23)27)34(31,32)29-22(12-16-6-4-3-5-7-16)24(30)28-15-17-8-9-18(25)13-20(17)26/h3-11,13-14,22,29H,2,12,15H2,1H3,(H,28,30). The third-order valence-electron chi connectivity index (χ3n) is 4.88. The van der Waals surface area contributed by atoms with Gasteiger partial charge in [-0.15, -0.1) is 0 Å². The summed E-state index contributed by atoms with van der Waals surface area (Å²) in [5.41, 5.74) is 1.44. The Balaban J connectivity index is 1.82. The zero-order valence-corrected chi connectivity index (χ0v) is 21.3. The highest BCUT2D eigenvalue weighted by Gasteiger charge is 2.27. The number of nitrogens with one attached hydrogen (secondary N) is 2. The van der Waals surface area contributed by atoms with E-state index in [0.29, 0.717) is 28.0 Å². The number of halogens is 3. The molecule has 1 amide bonds. The Bertz CT molecular complexity index is 1250. The van der Waals surface area contributed by atoms with E-state index in [2.05, 4.69) is 10.0 Å². The molecule has 0 aliphatic carbocycles. The Labute approximate surface area is 214 Å². The molecule has 0 aliphatic heterocycles. The van der Waals surface area contributed by atoms with Crippen LogP contribution in [-0.2, 0) is 27.8 Å². The van der Waals surface area contributed by atoms with Gasteiger partial charge in [-0.05, 0) is 54.8 Å². The highest BCUT2D eigenvalue weighted by atomic mass is 35.5. The number of sulfonamides is 1. The smallest absolute Gasteiger partial charge is 0.241 e. The highest BCUT2D eigenvalue weighted by molar-refractivity contribution is 7.89. The van der Waals surface area contributed by atoms with Crippen LogP contribution in [-0.4, -0.2) is 27.0 Å². The van der Waals surface area contributed by atoms with Crippen LogP contribution in [0.1, 0.15) is 18.1 Å². The number of benzene rings is 3. The quantitative estimate of drug-likeness (QED) is 0.367. The number of carbonyl (C=O) groups excluding carboxylic acids is 1. The number of hydrogen-bond acceptors (Lipinski definition) is 4. The van der Waals surface area contributed by atoms with Gasteiger partial charge < -0.3 is 10.1 Å². The van der Waals surface area contributed by atoms with Gasteiger partial charge in [0.05, 0.1) is 16.5 Å². The van der Waals surface area contributed by atoms with Gasteiger partial charge in [0.15, 0.2) is 0 Å². The van der Waals surface area contributed by atoms with Gasteiger partial charge in [-0.3, -0.25) is 4.79 Å². The largest absolute Gasteiger partial charge is 0.492 e. The molecule has 180 valence electrons. The van der Waals surface area contributed by atoms with E-state index in [1.807, 2.05) is 30.3 Å². The fraction of sp³-hybridized carbons (Fsp3) is 0.208. The lowest BCUT2D eigenvalue weighted by molar-refractivity contribution is -0.122.